The monoisotopic (exact) mass is 850 g/mol. The summed E-state index contributed by atoms with van der Waals surface area (Å²) in [5.74, 6) is 0.470. The highest BCUT2D eigenvalue weighted by atomic mass is 35.5. The Morgan fingerprint density at radius 2 is 1.55 bits per heavy atom. The molecule has 312 valence electrons. The molecule has 18 heteroatoms. The highest BCUT2D eigenvalue weighted by Crippen LogP contribution is 2.34. The second-order valence-electron chi connectivity index (χ2n) is 14.1. The minimum Gasteiger partial charge on any atom is -0.489 e. The largest absolute Gasteiger partial charge is 0.489 e. The van der Waals surface area contributed by atoms with Crippen molar-refractivity contribution >= 4 is 29.2 Å². The molecule has 2 heterocycles. The Bertz CT molecular complexity index is 2430. The van der Waals surface area contributed by atoms with Crippen molar-refractivity contribution in [1.82, 2.24) is 18.9 Å². The summed E-state index contributed by atoms with van der Waals surface area (Å²) < 4.78 is 68.4. The third-order valence-corrected chi connectivity index (χ3v) is 8.86. The smallest absolute Gasteiger partial charge is 0.442 e. The van der Waals surface area contributed by atoms with Crippen molar-refractivity contribution in [2.24, 2.45) is 7.05 Å². The third-order valence-electron chi connectivity index (χ3n) is 8.26. The number of hydrogen-bond donors (Lipinski definition) is 0. The molecule has 0 aliphatic heterocycles. The molecule has 1 unspecified atom stereocenters. The van der Waals surface area contributed by atoms with Gasteiger partial charge in [-0.3, -0.25) is 9.36 Å². The Morgan fingerprint density at radius 3 is 2.10 bits per heavy atom. The van der Waals surface area contributed by atoms with Crippen LogP contribution in [0.3, 0.4) is 0 Å². The minimum atomic E-state index is -4.84. The Balaban J connectivity index is 0.000000289. The van der Waals surface area contributed by atoms with Gasteiger partial charge in [0.15, 0.2) is 6.10 Å². The number of esters is 1. The van der Waals surface area contributed by atoms with Crippen LogP contribution in [-0.2, 0) is 41.2 Å². The molecule has 0 radical (unpaired) electrons. The number of ether oxygens (including phenoxy) is 4. The number of carbonyl (C=O) groups is 1. The van der Waals surface area contributed by atoms with Gasteiger partial charge in [-0.25, -0.2) is 19.0 Å². The lowest BCUT2D eigenvalue weighted by Crippen LogP contribution is -2.40. The number of hydrogen-bond acceptors (Lipinski definition) is 10. The molecule has 5 aromatic rings. The fourth-order valence-electron chi connectivity index (χ4n) is 5.20. The summed E-state index contributed by atoms with van der Waals surface area (Å²) in [7, 11) is 2.22. The van der Waals surface area contributed by atoms with E-state index in [1.807, 2.05) is 59.7 Å². The molecule has 2 aromatic heterocycles. The van der Waals surface area contributed by atoms with Crippen molar-refractivity contribution in [2.45, 2.75) is 85.3 Å². The lowest BCUT2D eigenvalue weighted by Gasteiger charge is -2.17. The Kier molecular flexibility index (Phi) is 14.4. The molecule has 0 N–H and O–H groups in total. The van der Waals surface area contributed by atoms with Gasteiger partial charge in [-0.05, 0) is 69.2 Å². The summed E-state index contributed by atoms with van der Waals surface area (Å²) >= 11 is 12.3. The number of aromatic nitrogens is 4. The summed E-state index contributed by atoms with van der Waals surface area (Å²) in [5.41, 5.74) is -1.82. The minimum absolute atomic E-state index is 0.0642. The molecule has 13 nitrogen and oxygen atoms in total. The zero-order valence-corrected chi connectivity index (χ0v) is 34.7. The predicted octanol–water partition coefficient (Wildman–Crippen LogP) is 7.85. The first kappa shape index (κ1) is 45.2. The van der Waals surface area contributed by atoms with Crippen LogP contribution in [0.4, 0.5) is 13.2 Å². The van der Waals surface area contributed by atoms with E-state index in [-0.39, 0.29) is 28.8 Å². The number of methoxy groups -OCH3 is 1. The summed E-state index contributed by atoms with van der Waals surface area (Å²) in [5, 5.41) is 4.88. The quantitative estimate of drug-likeness (QED) is 0.120. The lowest BCUT2D eigenvalue weighted by atomic mass is 9.97. The van der Waals surface area contributed by atoms with Gasteiger partial charge in [-0.2, -0.15) is 17.9 Å². The normalized spacial score (nSPS) is 12.1. The molecule has 0 saturated heterocycles. The van der Waals surface area contributed by atoms with E-state index >= 15 is 0 Å². The average molecular weight is 852 g/mol. The Hall–Kier alpha value is -5.48. The zero-order chi connectivity index (χ0) is 43.3. The van der Waals surface area contributed by atoms with Gasteiger partial charge in [0.2, 0.25) is 5.89 Å². The molecular formula is C40H43Cl2F3N4O9. The standard InChI is InChI=1S/C25H25F3N2O6.C15H18Cl2N2O3/c1-5-16-6-7-17(20(12-16)36-15(2)23(32)34-4)14-35-19-10-8-18(9-11-19)30-22(31)13-21(25(26,27)28)29(3)24(30)33;1-8(2)21-12-7-11(9(16)6-10(12)17)19-14(20)22-13(18-19)15(3,4)5/h6-13,15H,5,14H2,1-4H3;6-8H,1-5H3. The average Bonchev–Trinajstić information content (AvgIpc) is 3.55. The van der Waals surface area contributed by atoms with Gasteiger partial charge in [0.25, 0.3) is 5.56 Å². The summed E-state index contributed by atoms with van der Waals surface area (Å²) in [6.07, 6.45) is -4.97. The van der Waals surface area contributed by atoms with Crippen LogP contribution >= 0.6 is 23.2 Å². The molecule has 0 bridgehead atoms. The second-order valence-corrected chi connectivity index (χ2v) is 15.0. The SMILES string of the molecule is CC(C)Oc1cc(-n2nc(C(C)(C)C)oc2=O)c(Cl)cc1Cl.CCc1ccc(COc2ccc(-n3c(=O)cc(C(F)(F)F)n(C)c3=O)cc2)c(OC(C)C(=O)OC)c1. The Labute approximate surface area is 341 Å². The fourth-order valence-corrected chi connectivity index (χ4v) is 5.71. The molecule has 0 spiro atoms. The first-order chi connectivity index (χ1) is 27.0. The van der Waals surface area contributed by atoms with Crippen molar-refractivity contribution in [2.75, 3.05) is 7.11 Å². The van der Waals surface area contributed by atoms with Crippen LogP contribution in [0.25, 0.3) is 11.4 Å². The summed E-state index contributed by atoms with van der Waals surface area (Å²) in [6.45, 7) is 13.1. The summed E-state index contributed by atoms with van der Waals surface area (Å²) in [6, 6.07) is 14.8. The molecule has 0 aliphatic carbocycles. The maximum atomic E-state index is 13.1. The zero-order valence-electron chi connectivity index (χ0n) is 33.2. The van der Waals surface area contributed by atoms with Crippen molar-refractivity contribution in [3.63, 3.8) is 0 Å². The third kappa shape index (κ3) is 10.9. The molecule has 5 rings (SSSR count). The van der Waals surface area contributed by atoms with Crippen LogP contribution in [0.5, 0.6) is 17.2 Å². The van der Waals surface area contributed by atoms with E-state index in [1.165, 1.54) is 37.4 Å². The molecule has 0 fully saturated rings. The topological polar surface area (TPSA) is 146 Å². The second kappa shape index (κ2) is 18.4. The number of nitrogens with zero attached hydrogens (tertiary/aromatic N) is 4. The molecule has 58 heavy (non-hydrogen) atoms. The molecular weight excluding hydrogens is 808 g/mol. The summed E-state index contributed by atoms with van der Waals surface area (Å²) in [4.78, 5) is 48.5. The number of benzene rings is 3. The Morgan fingerprint density at radius 1 is 0.897 bits per heavy atom. The van der Waals surface area contributed by atoms with E-state index < -0.39 is 40.9 Å². The van der Waals surface area contributed by atoms with Gasteiger partial charge >= 0.3 is 23.6 Å². The molecule has 0 amide bonds. The molecule has 1 atom stereocenters. The van der Waals surface area contributed by atoms with Crippen LogP contribution in [0.2, 0.25) is 10.0 Å². The molecule has 0 aliphatic rings. The van der Waals surface area contributed by atoms with E-state index in [2.05, 4.69) is 5.10 Å². The first-order valence-electron chi connectivity index (χ1n) is 17.8. The number of alkyl halides is 3. The van der Waals surface area contributed by atoms with Gasteiger partial charge in [0.05, 0.1) is 34.6 Å². The fraction of sp³-hybridized carbons (Fsp3) is 0.375. The number of halogens is 5. The lowest BCUT2D eigenvalue weighted by molar-refractivity contribution is -0.148. The van der Waals surface area contributed by atoms with Crippen molar-refractivity contribution in [1.29, 1.82) is 0 Å². The highest BCUT2D eigenvalue weighted by molar-refractivity contribution is 6.36. The number of rotatable bonds is 11. The maximum Gasteiger partial charge on any atom is 0.442 e. The van der Waals surface area contributed by atoms with E-state index in [0.717, 1.165) is 23.7 Å². The van der Waals surface area contributed by atoms with Gasteiger partial charge in [0, 0.05) is 30.2 Å². The van der Waals surface area contributed by atoms with Gasteiger partial charge in [0.1, 0.15) is 29.5 Å². The van der Waals surface area contributed by atoms with Gasteiger partial charge < -0.3 is 23.4 Å². The maximum absolute atomic E-state index is 13.1. The van der Waals surface area contributed by atoms with E-state index in [9.17, 15) is 32.3 Å². The van der Waals surface area contributed by atoms with Crippen LogP contribution in [0.1, 0.15) is 71.2 Å². The molecule has 0 saturated carbocycles. The van der Waals surface area contributed by atoms with Crippen LogP contribution in [0.15, 0.2) is 79.5 Å². The van der Waals surface area contributed by atoms with Crippen molar-refractivity contribution < 1.29 is 41.3 Å². The van der Waals surface area contributed by atoms with Crippen molar-refractivity contribution in [3.05, 3.63) is 125 Å². The van der Waals surface area contributed by atoms with Gasteiger partial charge in [-0.15, -0.1) is 5.10 Å². The van der Waals surface area contributed by atoms with Crippen LogP contribution in [0, 0.1) is 0 Å². The van der Waals surface area contributed by atoms with Gasteiger partial charge in [-0.1, -0.05) is 63.0 Å². The number of carbonyl (C=O) groups excluding carboxylic acids is 1. The van der Waals surface area contributed by atoms with Crippen LogP contribution in [-0.4, -0.2) is 44.2 Å². The van der Waals surface area contributed by atoms with E-state index in [4.69, 9.17) is 46.6 Å². The number of aryl methyl sites for hydroxylation is 1. The highest BCUT2D eigenvalue weighted by Gasteiger charge is 2.35. The molecule has 3 aromatic carbocycles. The predicted molar refractivity (Wildman–Crippen MR) is 211 cm³/mol. The first-order valence-corrected chi connectivity index (χ1v) is 18.6. The van der Waals surface area contributed by atoms with Crippen LogP contribution < -0.4 is 31.2 Å². The van der Waals surface area contributed by atoms with Crippen molar-refractivity contribution in [3.8, 4) is 28.6 Å². The van der Waals surface area contributed by atoms with E-state index in [0.29, 0.717) is 54.6 Å². The van der Waals surface area contributed by atoms with E-state index in [1.54, 1.807) is 13.0 Å².